The topological polar surface area (TPSA) is 132 Å². The van der Waals surface area contributed by atoms with Gasteiger partial charge in [0.25, 0.3) is 0 Å². The van der Waals surface area contributed by atoms with E-state index in [1.807, 2.05) is 0 Å². The summed E-state index contributed by atoms with van der Waals surface area (Å²) in [6.45, 7) is 7.16. The van der Waals surface area contributed by atoms with Gasteiger partial charge in [-0.25, -0.2) is 0 Å². The highest BCUT2D eigenvalue weighted by molar-refractivity contribution is 5.70. The lowest BCUT2D eigenvalue weighted by atomic mass is 10.0. The fourth-order valence-electron chi connectivity index (χ4n) is 5.16. The van der Waals surface area contributed by atoms with E-state index in [-0.39, 0.29) is 25.6 Å². The fourth-order valence-corrected chi connectivity index (χ4v) is 5.16. The summed E-state index contributed by atoms with van der Waals surface area (Å²) in [6.07, 6.45) is 15.7. The normalized spacial score (nSPS) is 22.8. The predicted octanol–water partition coefficient (Wildman–Crippen LogP) is 6.15. The number of aliphatic hydroxyl groups excluding tert-OH is 3. The molecule has 0 amide bonds. The van der Waals surface area contributed by atoms with Gasteiger partial charge in [-0.15, -0.1) is 0 Å². The first-order chi connectivity index (χ1) is 20.8. The number of esters is 2. The van der Waals surface area contributed by atoms with Crippen molar-refractivity contribution in [1.29, 1.82) is 0 Å². The summed E-state index contributed by atoms with van der Waals surface area (Å²) < 4.78 is 22.1. The molecule has 43 heavy (non-hydrogen) atoms. The number of ether oxygens (including phenoxy) is 4. The molecule has 0 bridgehead atoms. The molecule has 0 aromatic carbocycles. The molecule has 1 aliphatic rings. The van der Waals surface area contributed by atoms with Crippen LogP contribution in [0.2, 0.25) is 0 Å². The second kappa shape index (κ2) is 26.0. The maximum Gasteiger partial charge on any atom is 0.306 e. The van der Waals surface area contributed by atoms with Gasteiger partial charge in [-0.3, -0.25) is 9.59 Å². The van der Waals surface area contributed by atoms with Gasteiger partial charge in [-0.1, -0.05) is 89.9 Å². The van der Waals surface area contributed by atoms with Crippen LogP contribution in [0, 0.1) is 13.3 Å². The van der Waals surface area contributed by atoms with Crippen molar-refractivity contribution in [2.24, 2.45) is 0 Å². The lowest BCUT2D eigenvalue weighted by molar-refractivity contribution is -0.297. The second-order valence-electron chi connectivity index (χ2n) is 12.0. The van der Waals surface area contributed by atoms with Gasteiger partial charge in [0, 0.05) is 12.8 Å². The fraction of sp³-hybridized carbons (Fsp3) is 0.882. The maximum absolute atomic E-state index is 12.6. The Kier molecular flexibility index (Phi) is 24.0. The highest BCUT2D eigenvalue weighted by atomic mass is 16.7. The molecule has 1 aliphatic heterocycles. The summed E-state index contributed by atoms with van der Waals surface area (Å²) in [7, 11) is 0. The largest absolute Gasteiger partial charge is 0.462 e. The standard InChI is InChI=1S/C34H62O9/c1-4-6-8-10-12-14-16-18-20-22-24-30(36)43-28(26-41-34-33(39)32(38)31(37)27(3)42-34)25-40-29(35)23-21-19-17-15-13-11-9-7-5-2/h5,27-28,31-34,37-39H,1,4,6-26H2,2-3H3/q-2/t27-,28-,31+,32+,33-,34-/m1/s1. The predicted molar refractivity (Wildman–Crippen MR) is 167 cm³/mol. The Morgan fingerprint density at radius 2 is 1.23 bits per heavy atom. The molecule has 9 nitrogen and oxygen atoms in total. The third-order valence-corrected chi connectivity index (χ3v) is 7.99. The molecule has 0 saturated carbocycles. The van der Waals surface area contributed by atoms with E-state index in [1.165, 1.54) is 64.2 Å². The number of aliphatic hydroxyl groups is 3. The highest BCUT2D eigenvalue weighted by Gasteiger charge is 2.42. The summed E-state index contributed by atoms with van der Waals surface area (Å²) in [5, 5.41) is 30.2. The Bertz CT molecular complexity index is 689. The number of unbranched alkanes of at least 4 members (excludes halogenated alkanes) is 17. The number of hydrogen-bond acceptors (Lipinski definition) is 9. The number of carbonyl (C=O) groups excluding carboxylic acids is 2. The van der Waals surface area contributed by atoms with Crippen molar-refractivity contribution in [3.63, 3.8) is 0 Å². The Balaban J connectivity index is 2.40. The van der Waals surface area contributed by atoms with Gasteiger partial charge < -0.3 is 47.6 Å². The first-order valence-electron chi connectivity index (χ1n) is 17.0. The summed E-state index contributed by atoms with van der Waals surface area (Å²) >= 11 is 0. The van der Waals surface area contributed by atoms with Crippen molar-refractivity contribution in [2.75, 3.05) is 13.2 Å². The van der Waals surface area contributed by atoms with E-state index in [2.05, 4.69) is 20.3 Å². The summed E-state index contributed by atoms with van der Waals surface area (Å²) in [5.74, 6) is -0.754. The van der Waals surface area contributed by atoms with Crippen LogP contribution < -0.4 is 0 Å². The van der Waals surface area contributed by atoms with Gasteiger partial charge in [-0.05, 0) is 19.8 Å². The number of carbonyl (C=O) groups is 2. The quantitative estimate of drug-likeness (QED) is 0.0567. The molecule has 1 saturated heterocycles. The van der Waals surface area contributed by atoms with E-state index < -0.39 is 42.8 Å². The average Bonchev–Trinajstić information content (AvgIpc) is 2.99. The number of rotatable bonds is 27. The third kappa shape index (κ3) is 19.7. The van der Waals surface area contributed by atoms with Crippen LogP contribution in [-0.4, -0.2) is 77.3 Å². The first kappa shape index (κ1) is 39.8. The highest BCUT2D eigenvalue weighted by Crippen LogP contribution is 2.22. The van der Waals surface area contributed by atoms with Crippen LogP contribution in [0.4, 0.5) is 0 Å². The van der Waals surface area contributed by atoms with Gasteiger partial charge in [0.2, 0.25) is 0 Å². The van der Waals surface area contributed by atoms with Gasteiger partial charge in [0.15, 0.2) is 12.4 Å². The lowest BCUT2D eigenvalue weighted by Gasteiger charge is -2.39. The Morgan fingerprint density at radius 3 is 1.79 bits per heavy atom. The van der Waals surface area contributed by atoms with Crippen molar-refractivity contribution in [1.82, 2.24) is 0 Å². The summed E-state index contributed by atoms with van der Waals surface area (Å²) in [5.41, 5.74) is 0. The molecule has 0 aromatic heterocycles. The monoisotopic (exact) mass is 614 g/mol. The molecule has 1 rings (SSSR count). The molecular formula is C34H62O9-2. The van der Waals surface area contributed by atoms with Crippen molar-refractivity contribution < 1.29 is 43.9 Å². The zero-order valence-electron chi connectivity index (χ0n) is 27.1. The maximum atomic E-state index is 12.6. The van der Waals surface area contributed by atoms with Crippen LogP contribution in [0.5, 0.6) is 0 Å². The van der Waals surface area contributed by atoms with Gasteiger partial charge in [0.05, 0.1) is 12.7 Å². The summed E-state index contributed by atoms with van der Waals surface area (Å²) in [4.78, 5) is 24.9. The van der Waals surface area contributed by atoms with Crippen molar-refractivity contribution in [2.45, 2.75) is 179 Å². The lowest BCUT2D eigenvalue weighted by Crippen LogP contribution is -2.57. The van der Waals surface area contributed by atoms with E-state index in [0.29, 0.717) is 6.42 Å². The molecule has 0 aliphatic carbocycles. The van der Waals surface area contributed by atoms with Crippen molar-refractivity contribution >= 4 is 11.9 Å². The van der Waals surface area contributed by atoms with E-state index in [1.54, 1.807) is 6.92 Å². The van der Waals surface area contributed by atoms with Gasteiger partial charge >= 0.3 is 11.9 Å². The molecule has 0 unspecified atom stereocenters. The molecule has 3 N–H and O–H groups in total. The molecule has 6 atom stereocenters. The minimum atomic E-state index is -1.47. The molecule has 0 spiro atoms. The van der Waals surface area contributed by atoms with E-state index >= 15 is 0 Å². The van der Waals surface area contributed by atoms with Crippen molar-refractivity contribution in [3.05, 3.63) is 13.3 Å². The third-order valence-electron chi connectivity index (χ3n) is 7.99. The van der Waals surface area contributed by atoms with Crippen LogP contribution in [0.15, 0.2) is 0 Å². The van der Waals surface area contributed by atoms with Gasteiger partial charge in [0.1, 0.15) is 24.9 Å². The van der Waals surface area contributed by atoms with E-state index in [9.17, 15) is 24.9 Å². The van der Waals surface area contributed by atoms with Crippen molar-refractivity contribution in [3.8, 4) is 0 Å². The average molecular weight is 615 g/mol. The van der Waals surface area contributed by atoms with Crippen LogP contribution in [0.3, 0.4) is 0 Å². The van der Waals surface area contributed by atoms with Crippen LogP contribution in [0.25, 0.3) is 0 Å². The Hall–Kier alpha value is -1.26. The van der Waals surface area contributed by atoms with Crippen LogP contribution in [-0.2, 0) is 28.5 Å². The molecular weight excluding hydrogens is 552 g/mol. The minimum Gasteiger partial charge on any atom is -0.462 e. The molecule has 9 heteroatoms. The Morgan fingerprint density at radius 1 is 0.721 bits per heavy atom. The zero-order chi connectivity index (χ0) is 31.7. The minimum absolute atomic E-state index is 0.170. The first-order valence-corrected chi connectivity index (χ1v) is 17.0. The SMILES string of the molecule is [CH2-]CCCCCCCCCCCC(=O)O[C@H](COC(=O)CCCCCCCCC[CH-]C)CO[C@@H]1O[C@H](C)[C@H](O)[C@H](O)[C@H]1O. The Labute approximate surface area is 261 Å². The molecule has 0 aromatic rings. The summed E-state index contributed by atoms with van der Waals surface area (Å²) in [6, 6.07) is 0. The molecule has 0 radical (unpaired) electrons. The molecule has 1 heterocycles. The van der Waals surface area contributed by atoms with Crippen LogP contribution >= 0.6 is 0 Å². The number of hydrogen-bond donors (Lipinski definition) is 3. The smallest absolute Gasteiger partial charge is 0.306 e. The van der Waals surface area contributed by atoms with Crippen LogP contribution in [0.1, 0.15) is 142 Å². The van der Waals surface area contributed by atoms with E-state index in [4.69, 9.17) is 18.9 Å². The second-order valence-corrected chi connectivity index (χ2v) is 12.0. The molecule has 254 valence electrons. The van der Waals surface area contributed by atoms with Gasteiger partial charge in [-0.2, -0.15) is 19.8 Å². The molecule has 1 fully saturated rings. The van der Waals surface area contributed by atoms with E-state index in [0.717, 1.165) is 51.4 Å². The zero-order valence-corrected chi connectivity index (χ0v) is 27.1.